The summed E-state index contributed by atoms with van der Waals surface area (Å²) in [6.07, 6.45) is 1.62. The monoisotopic (exact) mass is 368 g/mol. The zero-order valence-electron chi connectivity index (χ0n) is 13.9. The number of hydrogen-bond donors (Lipinski definition) is 2. The Morgan fingerprint density at radius 2 is 1.50 bits per heavy atom. The second kappa shape index (κ2) is 8.63. The molecule has 0 aliphatic carbocycles. The Hall–Kier alpha value is -3.39. The molecule has 0 fully saturated rings. The fraction of sp³-hybridized carbons (Fsp3) is 0.0556. The summed E-state index contributed by atoms with van der Waals surface area (Å²) in [6, 6.07) is 14.9. The molecule has 4 N–H and O–H groups in total. The zero-order valence-corrected chi connectivity index (χ0v) is 14.7. The first kappa shape index (κ1) is 18.9. The molecule has 0 atom stereocenters. The first-order chi connectivity index (χ1) is 12.5. The van der Waals surface area contributed by atoms with E-state index >= 15 is 0 Å². The van der Waals surface area contributed by atoms with Gasteiger partial charge in [0.25, 0.3) is 0 Å². The van der Waals surface area contributed by atoms with Crippen molar-refractivity contribution >= 4 is 23.3 Å². The Kier molecular flexibility index (Phi) is 6.29. The Labute approximate surface area is 153 Å². The van der Waals surface area contributed by atoms with Crippen LogP contribution in [0.15, 0.2) is 54.7 Å². The number of nitrogen functional groups attached to an aromatic ring is 1. The van der Waals surface area contributed by atoms with E-state index in [1.807, 2.05) is 31.2 Å². The smallest absolute Gasteiger partial charge is 0.335 e. The minimum Gasteiger partial charge on any atom is -0.382 e. The lowest BCUT2D eigenvalue weighted by molar-refractivity contribution is 0.100. The second-order valence-electron chi connectivity index (χ2n) is 5.36. The molecule has 3 aromatic rings. The van der Waals surface area contributed by atoms with Crippen LogP contribution in [0.4, 0.5) is 5.82 Å². The molecule has 0 unspecified atom stereocenters. The van der Waals surface area contributed by atoms with Gasteiger partial charge in [0.2, 0.25) is 5.91 Å². The van der Waals surface area contributed by atoms with E-state index in [1.54, 1.807) is 30.5 Å². The van der Waals surface area contributed by atoms with Crippen LogP contribution in [0.25, 0.3) is 22.5 Å². The number of primary amides is 1. The molecule has 3 rings (SSSR count). The van der Waals surface area contributed by atoms with E-state index < -0.39 is 17.5 Å². The third kappa shape index (κ3) is 4.58. The molecule has 1 amide bonds. The molecular formula is C18H16N4O3S. The van der Waals surface area contributed by atoms with E-state index in [-0.39, 0.29) is 0 Å². The van der Waals surface area contributed by atoms with Gasteiger partial charge in [-0.2, -0.15) is 8.42 Å². The number of nitrogens with zero attached hydrogens (tertiary/aromatic N) is 2. The van der Waals surface area contributed by atoms with Crippen molar-refractivity contribution in [3.63, 3.8) is 0 Å². The van der Waals surface area contributed by atoms with Crippen LogP contribution in [-0.2, 0) is 11.6 Å². The number of amides is 1. The number of hydrogen-bond acceptors (Lipinski definition) is 6. The predicted molar refractivity (Wildman–Crippen MR) is 99.5 cm³/mol. The third-order valence-electron chi connectivity index (χ3n) is 3.59. The zero-order chi connectivity index (χ0) is 19.1. The van der Waals surface area contributed by atoms with E-state index in [0.717, 1.165) is 11.1 Å². The van der Waals surface area contributed by atoms with Gasteiger partial charge in [0.1, 0.15) is 11.5 Å². The number of aromatic nitrogens is 2. The third-order valence-corrected chi connectivity index (χ3v) is 3.59. The van der Waals surface area contributed by atoms with Gasteiger partial charge in [-0.1, -0.05) is 42.0 Å². The summed E-state index contributed by atoms with van der Waals surface area (Å²) in [5, 5.41) is 0. The molecule has 0 aliphatic heterocycles. The molecule has 0 bridgehead atoms. The largest absolute Gasteiger partial charge is 0.382 e. The number of carbonyl (C=O) groups is 1. The Morgan fingerprint density at radius 3 is 2.04 bits per heavy atom. The van der Waals surface area contributed by atoms with Crippen molar-refractivity contribution in [2.75, 3.05) is 5.73 Å². The van der Waals surface area contributed by atoms with Gasteiger partial charge in [-0.15, -0.1) is 0 Å². The molecule has 26 heavy (non-hydrogen) atoms. The number of anilines is 1. The molecule has 1 aromatic heterocycles. The van der Waals surface area contributed by atoms with E-state index in [2.05, 4.69) is 9.97 Å². The first-order valence-electron chi connectivity index (χ1n) is 7.48. The average molecular weight is 368 g/mol. The molecule has 132 valence electrons. The molecular weight excluding hydrogens is 352 g/mol. The highest BCUT2D eigenvalue weighted by Crippen LogP contribution is 2.26. The molecule has 0 saturated heterocycles. The van der Waals surface area contributed by atoms with Crippen molar-refractivity contribution in [3.05, 3.63) is 65.9 Å². The van der Waals surface area contributed by atoms with Gasteiger partial charge in [0, 0.05) is 16.7 Å². The van der Waals surface area contributed by atoms with Crippen LogP contribution in [0.2, 0.25) is 0 Å². The Balaban J connectivity index is 0.000000758. The summed E-state index contributed by atoms with van der Waals surface area (Å²) in [7, 11) is 0. The van der Waals surface area contributed by atoms with Crippen LogP contribution < -0.4 is 11.5 Å². The van der Waals surface area contributed by atoms with E-state index in [4.69, 9.17) is 19.9 Å². The maximum absolute atomic E-state index is 11.1. The van der Waals surface area contributed by atoms with Crippen LogP contribution in [0.3, 0.4) is 0 Å². The first-order valence-corrected chi connectivity index (χ1v) is 8.14. The van der Waals surface area contributed by atoms with Gasteiger partial charge >= 0.3 is 11.6 Å². The SMILES string of the molecule is Cc1ccc(-c2nc(-c3ccc(C(N)=O)cc3)cnc2N)cc1.O=S=O. The molecule has 0 saturated carbocycles. The predicted octanol–water partition coefficient (Wildman–Crippen LogP) is 2.13. The highest BCUT2D eigenvalue weighted by molar-refractivity contribution is 7.51. The summed E-state index contributed by atoms with van der Waals surface area (Å²) >= 11 is -0.750. The summed E-state index contributed by atoms with van der Waals surface area (Å²) in [5.41, 5.74) is 15.9. The van der Waals surface area contributed by atoms with Crippen LogP contribution in [0.5, 0.6) is 0 Å². The van der Waals surface area contributed by atoms with Crippen molar-refractivity contribution in [3.8, 4) is 22.5 Å². The summed E-state index contributed by atoms with van der Waals surface area (Å²) < 4.78 is 16.6. The van der Waals surface area contributed by atoms with Gasteiger partial charge in [0.05, 0.1) is 11.9 Å². The highest BCUT2D eigenvalue weighted by Gasteiger charge is 2.09. The van der Waals surface area contributed by atoms with Gasteiger partial charge < -0.3 is 11.5 Å². The van der Waals surface area contributed by atoms with Crippen molar-refractivity contribution in [2.24, 2.45) is 5.73 Å². The maximum atomic E-state index is 11.1. The normalized spacial score (nSPS) is 9.73. The topological polar surface area (TPSA) is 129 Å². The standard InChI is InChI=1S/C18H16N4O.O2S/c1-11-2-4-13(5-3-11)16-17(19)21-10-15(22-16)12-6-8-14(9-7-12)18(20)23;1-3-2/h2-10H,1H3,(H2,19,21)(H2,20,23);. The van der Waals surface area contributed by atoms with Crippen LogP contribution in [0.1, 0.15) is 15.9 Å². The van der Waals surface area contributed by atoms with Crippen molar-refractivity contribution < 1.29 is 13.2 Å². The second-order valence-corrected chi connectivity index (χ2v) is 5.50. The Morgan fingerprint density at radius 1 is 0.962 bits per heavy atom. The molecule has 0 aliphatic rings. The number of carbonyl (C=O) groups excluding carboxylic acids is 1. The van der Waals surface area contributed by atoms with Gasteiger partial charge in [-0.05, 0) is 19.1 Å². The van der Waals surface area contributed by atoms with E-state index in [1.165, 1.54) is 5.56 Å². The number of rotatable bonds is 3. The van der Waals surface area contributed by atoms with Gasteiger partial charge in [0.15, 0.2) is 0 Å². The molecule has 7 nitrogen and oxygen atoms in total. The van der Waals surface area contributed by atoms with Gasteiger partial charge in [-0.3, -0.25) is 4.79 Å². The quantitative estimate of drug-likeness (QED) is 0.728. The molecule has 0 spiro atoms. The Bertz CT molecular complexity index is 951. The van der Waals surface area contributed by atoms with Crippen LogP contribution >= 0.6 is 0 Å². The molecule has 0 radical (unpaired) electrons. The minimum atomic E-state index is -0.750. The average Bonchev–Trinajstić information content (AvgIpc) is 2.64. The lowest BCUT2D eigenvalue weighted by Gasteiger charge is -2.08. The fourth-order valence-corrected chi connectivity index (χ4v) is 2.27. The number of nitrogens with two attached hydrogens (primary N) is 2. The summed E-state index contributed by atoms with van der Waals surface area (Å²) in [4.78, 5) is 20.0. The van der Waals surface area contributed by atoms with E-state index in [9.17, 15) is 4.79 Å². The van der Waals surface area contributed by atoms with Gasteiger partial charge in [-0.25, -0.2) is 9.97 Å². The van der Waals surface area contributed by atoms with Crippen molar-refractivity contribution in [1.82, 2.24) is 9.97 Å². The molecule has 2 aromatic carbocycles. The summed E-state index contributed by atoms with van der Waals surface area (Å²) in [5.74, 6) is -0.0772. The van der Waals surface area contributed by atoms with Crippen LogP contribution in [0, 0.1) is 6.92 Å². The fourth-order valence-electron chi connectivity index (χ4n) is 2.27. The maximum Gasteiger partial charge on any atom is 0.335 e. The number of aryl methyl sites for hydroxylation is 1. The summed E-state index contributed by atoms with van der Waals surface area (Å²) in [6.45, 7) is 2.02. The van der Waals surface area contributed by atoms with Crippen LogP contribution in [-0.4, -0.2) is 24.3 Å². The lowest BCUT2D eigenvalue weighted by atomic mass is 10.1. The number of benzene rings is 2. The lowest BCUT2D eigenvalue weighted by Crippen LogP contribution is -2.10. The van der Waals surface area contributed by atoms with E-state index in [0.29, 0.717) is 22.8 Å². The molecule has 8 heteroatoms. The highest BCUT2D eigenvalue weighted by atomic mass is 32.1. The van der Waals surface area contributed by atoms with Crippen molar-refractivity contribution in [2.45, 2.75) is 6.92 Å². The van der Waals surface area contributed by atoms with Crippen molar-refractivity contribution in [1.29, 1.82) is 0 Å². The minimum absolute atomic E-state index is 0.381. The molecule has 1 heterocycles.